The number of hydrogen-bond acceptors (Lipinski definition) is 8. The minimum Gasteiger partial charge on any atom is -0.475 e. The van der Waals surface area contributed by atoms with Gasteiger partial charge in [0.1, 0.15) is 5.76 Å². The molecule has 20 heteroatoms. The van der Waals surface area contributed by atoms with Crippen molar-refractivity contribution in [3.05, 3.63) is 53.7 Å². The third-order valence-electron chi connectivity index (χ3n) is 5.76. The van der Waals surface area contributed by atoms with Crippen LogP contribution in [0.2, 0.25) is 0 Å². The largest absolute Gasteiger partial charge is 0.490 e. The van der Waals surface area contributed by atoms with E-state index >= 15 is 0 Å². The van der Waals surface area contributed by atoms with Crippen molar-refractivity contribution in [1.82, 2.24) is 14.8 Å². The average molecular weight is 669 g/mol. The number of rotatable bonds is 5. The lowest BCUT2D eigenvalue weighted by atomic mass is 10.1. The van der Waals surface area contributed by atoms with Crippen molar-refractivity contribution < 1.29 is 78.4 Å². The molecule has 4 rings (SSSR count). The highest BCUT2D eigenvalue weighted by molar-refractivity contribution is 5.73. The second kappa shape index (κ2) is 17.0. The summed E-state index contributed by atoms with van der Waals surface area (Å²) in [7, 11) is 0. The normalized spacial score (nSPS) is 18.6. The Balaban J connectivity index is 0.000000396. The lowest BCUT2D eigenvalue weighted by Gasteiger charge is -2.36. The fourth-order valence-electron chi connectivity index (χ4n) is 3.83. The van der Waals surface area contributed by atoms with Crippen molar-refractivity contribution in [3.63, 3.8) is 0 Å². The maximum Gasteiger partial charge on any atom is 0.490 e. The number of carboxylic acid groups (broad SMARTS) is 3. The van der Waals surface area contributed by atoms with Crippen LogP contribution in [0.25, 0.3) is 0 Å². The minimum absolute atomic E-state index is 0.320. The molecular formula is C25H28F9N3O8. The van der Waals surface area contributed by atoms with Gasteiger partial charge in [-0.25, -0.2) is 14.4 Å². The number of furan rings is 1. The summed E-state index contributed by atoms with van der Waals surface area (Å²) in [6.07, 6.45) is -12.1. The summed E-state index contributed by atoms with van der Waals surface area (Å²) in [4.78, 5) is 36.3. The monoisotopic (exact) mass is 669 g/mol. The molecule has 0 saturated carbocycles. The van der Waals surface area contributed by atoms with Gasteiger partial charge < -0.3 is 24.5 Å². The van der Waals surface area contributed by atoms with Gasteiger partial charge in [-0.3, -0.25) is 14.8 Å². The number of piperazine rings is 1. The molecular weight excluding hydrogens is 641 g/mol. The summed E-state index contributed by atoms with van der Waals surface area (Å²) >= 11 is 0. The van der Waals surface area contributed by atoms with Crippen LogP contribution in [0.4, 0.5) is 39.5 Å². The van der Waals surface area contributed by atoms with E-state index in [2.05, 4.69) is 20.9 Å². The third-order valence-corrected chi connectivity index (χ3v) is 5.76. The number of fused-ring (bicyclic) bond motifs is 1. The Kier molecular flexibility index (Phi) is 14.7. The molecule has 0 aliphatic carbocycles. The van der Waals surface area contributed by atoms with Crippen LogP contribution in [0.3, 0.4) is 0 Å². The molecule has 2 saturated heterocycles. The first-order valence-electron chi connectivity index (χ1n) is 12.5. The van der Waals surface area contributed by atoms with Crippen LogP contribution in [-0.2, 0) is 32.3 Å². The van der Waals surface area contributed by atoms with Crippen LogP contribution in [-0.4, -0.2) is 105 Å². The average Bonchev–Trinajstić information content (AvgIpc) is 3.56. The molecule has 3 N–H and O–H groups in total. The van der Waals surface area contributed by atoms with Gasteiger partial charge >= 0.3 is 36.4 Å². The van der Waals surface area contributed by atoms with Gasteiger partial charge in [-0.1, -0.05) is 6.07 Å². The second-order valence-corrected chi connectivity index (χ2v) is 9.31. The number of aliphatic carboxylic acids is 3. The SMILES string of the molecule is Cc1cccc(COC2CC3CN(Cc4ccco4)CCN3C2)n1.O=C(O)C(F)(F)F.O=C(O)C(F)(F)F.O=C(O)C(F)(F)F. The molecule has 4 heterocycles. The molecule has 2 atom stereocenters. The maximum atomic E-state index is 10.6. The Morgan fingerprint density at radius 2 is 1.40 bits per heavy atom. The molecule has 0 bridgehead atoms. The Morgan fingerprint density at radius 1 is 0.867 bits per heavy atom. The van der Waals surface area contributed by atoms with E-state index in [1.165, 1.54) is 0 Å². The van der Waals surface area contributed by atoms with E-state index in [0.717, 1.165) is 56.3 Å². The van der Waals surface area contributed by atoms with Crippen molar-refractivity contribution in [2.24, 2.45) is 0 Å². The Hall–Kier alpha value is -3.91. The Morgan fingerprint density at radius 3 is 1.84 bits per heavy atom. The molecule has 2 fully saturated rings. The fraction of sp³-hybridized carbons (Fsp3) is 0.520. The van der Waals surface area contributed by atoms with Crippen LogP contribution in [0.15, 0.2) is 41.0 Å². The van der Waals surface area contributed by atoms with Gasteiger partial charge in [-0.15, -0.1) is 0 Å². The number of hydrogen-bond donors (Lipinski definition) is 3. The Bertz CT molecular complexity index is 1160. The van der Waals surface area contributed by atoms with E-state index in [1.807, 2.05) is 31.2 Å². The molecule has 2 aromatic rings. The van der Waals surface area contributed by atoms with Crippen molar-refractivity contribution in [2.75, 3.05) is 26.2 Å². The molecule has 0 amide bonds. The lowest BCUT2D eigenvalue weighted by Crippen LogP contribution is -2.49. The topological polar surface area (TPSA) is 154 Å². The zero-order valence-corrected chi connectivity index (χ0v) is 23.2. The van der Waals surface area contributed by atoms with Gasteiger partial charge in [0.2, 0.25) is 0 Å². The number of carbonyl (C=O) groups is 3. The summed E-state index contributed by atoms with van der Waals surface area (Å²) < 4.78 is 107. The minimum atomic E-state index is -5.08. The standard InChI is InChI=1S/C19H25N3O2.3C2HF3O2/c1-15-4-2-5-16(20-15)14-24-19-10-17-11-21(7-8-22(17)13-19)12-18-6-3-9-23-18;3*3-2(4,5)1(6)7/h2-6,9,17,19H,7-8,10-14H2,1H3;3*(H,6,7). The number of ether oxygens (including phenoxy) is 1. The molecule has 254 valence electrons. The second-order valence-electron chi connectivity index (χ2n) is 9.31. The number of nitrogens with zero attached hydrogens (tertiary/aromatic N) is 3. The summed E-state index contributed by atoms with van der Waals surface area (Å²) in [5.74, 6) is -7.22. The van der Waals surface area contributed by atoms with Gasteiger partial charge in [0.05, 0.1) is 31.2 Å². The van der Waals surface area contributed by atoms with E-state index in [-0.39, 0.29) is 0 Å². The number of aryl methyl sites for hydroxylation is 1. The first kappa shape index (κ1) is 39.1. The summed E-state index contributed by atoms with van der Waals surface area (Å²) in [6.45, 7) is 7.91. The van der Waals surface area contributed by atoms with Crippen molar-refractivity contribution in [3.8, 4) is 0 Å². The predicted molar refractivity (Wildman–Crippen MR) is 133 cm³/mol. The number of aromatic nitrogens is 1. The van der Waals surface area contributed by atoms with Crippen molar-refractivity contribution in [2.45, 2.75) is 57.2 Å². The lowest BCUT2D eigenvalue weighted by molar-refractivity contribution is -0.193. The van der Waals surface area contributed by atoms with Gasteiger partial charge in [0.25, 0.3) is 0 Å². The van der Waals surface area contributed by atoms with Gasteiger partial charge in [0, 0.05) is 37.9 Å². The van der Waals surface area contributed by atoms with Crippen LogP contribution in [0.5, 0.6) is 0 Å². The van der Waals surface area contributed by atoms with E-state index in [4.69, 9.17) is 38.9 Å². The number of carboxylic acids is 3. The molecule has 2 aromatic heterocycles. The van der Waals surface area contributed by atoms with Crippen molar-refractivity contribution >= 4 is 17.9 Å². The maximum absolute atomic E-state index is 10.6. The summed E-state index contributed by atoms with van der Waals surface area (Å²) in [5.41, 5.74) is 2.08. The summed E-state index contributed by atoms with van der Waals surface area (Å²) in [6, 6.07) is 10.7. The van der Waals surface area contributed by atoms with Gasteiger partial charge in [-0.2, -0.15) is 39.5 Å². The number of alkyl halides is 9. The van der Waals surface area contributed by atoms with Crippen LogP contribution >= 0.6 is 0 Å². The van der Waals surface area contributed by atoms with Crippen molar-refractivity contribution in [1.29, 1.82) is 0 Å². The molecule has 0 radical (unpaired) electrons. The molecule has 2 aliphatic rings. The zero-order chi connectivity index (χ0) is 34.6. The molecule has 11 nitrogen and oxygen atoms in total. The Labute approximate surface area is 248 Å². The van der Waals surface area contributed by atoms with E-state index in [1.54, 1.807) is 6.26 Å². The first-order valence-corrected chi connectivity index (χ1v) is 12.5. The van der Waals surface area contributed by atoms with E-state index in [9.17, 15) is 39.5 Å². The van der Waals surface area contributed by atoms with E-state index < -0.39 is 36.4 Å². The molecule has 0 spiro atoms. The first-order chi connectivity index (χ1) is 20.6. The molecule has 2 unspecified atom stereocenters. The van der Waals surface area contributed by atoms with Crippen LogP contribution in [0, 0.1) is 6.92 Å². The van der Waals surface area contributed by atoms with E-state index in [0.29, 0.717) is 18.8 Å². The van der Waals surface area contributed by atoms with Gasteiger partial charge in [-0.05, 0) is 37.6 Å². The van der Waals surface area contributed by atoms with Crippen LogP contribution in [0.1, 0.15) is 23.6 Å². The fourth-order valence-corrected chi connectivity index (χ4v) is 3.83. The highest BCUT2D eigenvalue weighted by Gasteiger charge is 2.40. The highest BCUT2D eigenvalue weighted by atomic mass is 19.4. The number of halogens is 9. The smallest absolute Gasteiger partial charge is 0.475 e. The molecule has 0 aromatic carbocycles. The molecule has 45 heavy (non-hydrogen) atoms. The van der Waals surface area contributed by atoms with Crippen LogP contribution < -0.4 is 0 Å². The predicted octanol–water partition coefficient (Wildman–Crippen LogP) is 4.36. The summed E-state index contributed by atoms with van der Waals surface area (Å²) in [5, 5.41) is 21.4. The molecule has 2 aliphatic heterocycles. The zero-order valence-electron chi connectivity index (χ0n) is 23.2. The number of pyridine rings is 1. The highest BCUT2D eigenvalue weighted by Crippen LogP contribution is 2.25. The quantitative estimate of drug-likeness (QED) is 0.390. The third kappa shape index (κ3) is 15.6. The van der Waals surface area contributed by atoms with Gasteiger partial charge in [0.15, 0.2) is 0 Å².